The van der Waals surface area contributed by atoms with E-state index in [1.807, 2.05) is 49.2 Å². The molecule has 0 aliphatic carbocycles. The normalized spacial score (nSPS) is 20.0. The van der Waals surface area contributed by atoms with E-state index in [1.54, 1.807) is 11.2 Å². The predicted octanol–water partition coefficient (Wildman–Crippen LogP) is 1.22. The summed E-state index contributed by atoms with van der Waals surface area (Å²) >= 11 is 0. The Labute approximate surface area is 153 Å². The van der Waals surface area contributed by atoms with Gasteiger partial charge < -0.3 is 14.8 Å². The second-order valence-corrected chi connectivity index (χ2v) is 7.06. The minimum atomic E-state index is -0.0932. The van der Waals surface area contributed by atoms with E-state index in [1.165, 1.54) is 0 Å². The summed E-state index contributed by atoms with van der Waals surface area (Å²) in [5.41, 5.74) is 0.854. The number of rotatable bonds is 4. The van der Waals surface area contributed by atoms with Crippen LogP contribution in [-0.2, 0) is 4.79 Å². The third-order valence-electron chi connectivity index (χ3n) is 5.21. The van der Waals surface area contributed by atoms with Gasteiger partial charge in [0.05, 0.1) is 17.5 Å². The van der Waals surface area contributed by atoms with E-state index in [4.69, 9.17) is 5.26 Å². The van der Waals surface area contributed by atoms with Gasteiger partial charge in [-0.3, -0.25) is 4.79 Å². The number of hydrogen-bond acceptors (Lipinski definition) is 6. The number of carbonyl (C=O) groups is 1. The number of aromatic nitrogens is 3. The lowest BCUT2D eigenvalue weighted by Crippen LogP contribution is -2.52. The highest BCUT2D eigenvalue weighted by atomic mass is 16.2. The average Bonchev–Trinajstić information content (AvgIpc) is 3.06. The van der Waals surface area contributed by atoms with Crippen LogP contribution in [0.1, 0.15) is 19.8 Å². The number of anilines is 1. The topological polar surface area (TPSA) is 81.3 Å². The molecule has 8 nitrogen and oxygen atoms in total. The van der Waals surface area contributed by atoms with Crippen LogP contribution in [0.5, 0.6) is 0 Å². The lowest BCUT2D eigenvalue weighted by molar-refractivity contribution is -0.131. The molecule has 1 amide bonds. The Bertz CT molecular complexity index is 838. The molecule has 1 aliphatic rings. The number of likely N-dealkylation sites (tertiary alicyclic amines) is 1. The summed E-state index contributed by atoms with van der Waals surface area (Å²) in [7, 11) is 5.95. The zero-order valence-electron chi connectivity index (χ0n) is 15.8. The van der Waals surface area contributed by atoms with Crippen molar-refractivity contribution in [1.82, 2.24) is 19.5 Å². The summed E-state index contributed by atoms with van der Waals surface area (Å²) in [4.78, 5) is 25.0. The van der Waals surface area contributed by atoms with E-state index in [9.17, 15) is 4.79 Å². The molecule has 0 saturated carbocycles. The fourth-order valence-corrected chi connectivity index (χ4v) is 3.64. The van der Waals surface area contributed by atoms with Crippen molar-refractivity contribution in [2.75, 3.05) is 44.1 Å². The second kappa shape index (κ2) is 7.20. The van der Waals surface area contributed by atoms with Crippen molar-refractivity contribution >= 4 is 22.8 Å². The quantitative estimate of drug-likeness (QED) is 0.820. The lowest BCUT2D eigenvalue weighted by Gasteiger charge is -2.42. The van der Waals surface area contributed by atoms with E-state index >= 15 is 0 Å². The van der Waals surface area contributed by atoms with Crippen LogP contribution in [0.3, 0.4) is 0 Å². The average molecular weight is 355 g/mol. The molecule has 0 unspecified atom stereocenters. The fraction of sp³-hybridized carbons (Fsp3) is 0.556. The number of piperidine rings is 1. The van der Waals surface area contributed by atoms with Gasteiger partial charge in [0.2, 0.25) is 5.91 Å². The van der Waals surface area contributed by atoms with Crippen LogP contribution in [0.25, 0.3) is 11.0 Å². The van der Waals surface area contributed by atoms with Crippen LogP contribution in [0.2, 0.25) is 0 Å². The molecule has 2 aromatic rings. The number of nitriles is 1. The molecule has 26 heavy (non-hydrogen) atoms. The van der Waals surface area contributed by atoms with Gasteiger partial charge >= 0.3 is 0 Å². The summed E-state index contributed by atoms with van der Waals surface area (Å²) in [6.07, 6.45) is 4.41. The van der Waals surface area contributed by atoms with E-state index < -0.39 is 0 Å². The van der Waals surface area contributed by atoms with Crippen LogP contribution in [-0.4, -0.2) is 65.7 Å². The smallest absolute Gasteiger partial charge is 0.236 e. The Hall–Kier alpha value is -2.82. The summed E-state index contributed by atoms with van der Waals surface area (Å²) in [5, 5.41) is 11.8. The Morgan fingerprint density at radius 3 is 2.85 bits per heavy atom. The van der Waals surface area contributed by atoms with Gasteiger partial charge in [0.15, 0.2) is 5.65 Å². The molecule has 3 heterocycles. The molecule has 0 radical (unpaired) electrons. The first-order valence-electron chi connectivity index (χ1n) is 8.81. The van der Waals surface area contributed by atoms with Crippen LogP contribution in [0.4, 0.5) is 5.82 Å². The van der Waals surface area contributed by atoms with E-state index in [2.05, 4.69) is 21.8 Å². The maximum absolute atomic E-state index is 12.2. The van der Waals surface area contributed by atoms with E-state index in [-0.39, 0.29) is 18.4 Å². The van der Waals surface area contributed by atoms with Crippen molar-refractivity contribution < 1.29 is 4.79 Å². The molecule has 2 atom stereocenters. The fourth-order valence-electron chi connectivity index (χ4n) is 3.64. The third-order valence-corrected chi connectivity index (χ3v) is 5.21. The molecule has 0 aromatic carbocycles. The molecule has 0 spiro atoms. The molecule has 2 aromatic heterocycles. The number of hydrogen-bond donors (Lipinski definition) is 0. The number of amides is 1. The number of carbonyl (C=O) groups excluding carboxylic acids is 1. The van der Waals surface area contributed by atoms with Gasteiger partial charge in [-0.05, 0) is 18.4 Å². The van der Waals surface area contributed by atoms with Gasteiger partial charge in [-0.1, -0.05) is 6.92 Å². The summed E-state index contributed by atoms with van der Waals surface area (Å²) in [5.74, 6) is 1.19. The zero-order chi connectivity index (χ0) is 18.8. The highest BCUT2D eigenvalue weighted by molar-refractivity contribution is 5.88. The number of nitrogens with zero attached hydrogens (tertiary/aromatic N) is 7. The maximum atomic E-state index is 12.2. The van der Waals surface area contributed by atoms with Gasteiger partial charge in [0.1, 0.15) is 18.6 Å². The molecule has 8 heteroatoms. The van der Waals surface area contributed by atoms with E-state index in [0.29, 0.717) is 19.0 Å². The molecule has 1 aliphatic heterocycles. The van der Waals surface area contributed by atoms with Gasteiger partial charge in [-0.15, -0.1) is 0 Å². The lowest BCUT2D eigenvalue weighted by atomic mass is 9.92. The minimum absolute atomic E-state index is 0.0613. The molecular weight excluding hydrogens is 330 g/mol. The van der Waals surface area contributed by atoms with Crippen LogP contribution >= 0.6 is 0 Å². The van der Waals surface area contributed by atoms with Crippen molar-refractivity contribution in [2.24, 2.45) is 5.92 Å². The maximum Gasteiger partial charge on any atom is 0.236 e. The summed E-state index contributed by atoms with van der Waals surface area (Å²) in [6, 6.07) is 4.12. The van der Waals surface area contributed by atoms with Crippen molar-refractivity contribution in [3.8, 4) is 6.07 Å². The molecule has 1 saturated heterocycles. The predicted molar refractivity (Wildman–Crippen MR) is 100 cm³/mol. The molecule has 0 N–H and O–H groups in total. The second-order valence-electron chi connectivity index (χ2n) is 7.06. The van der Waals surface area contributed by atoms with Crippen molar-refractivity contribution in [3.63, 3.8) is 0 Å². The molecular formula is C18H25N7O. The third kappa shape index (κ3) is 3.17. The largest absolute Gasteiger partial charge is 0.354 e. The monoisotopic (exact) mass is 355 g/mol. The molecule has 138 valence electrons. The van der Waals surface area contributed by atoms with Crippen LogP contribution in [0, 0.1) is 17.2 Å². The standard InChI is InChI=1S/C18H25N7O/c1-13-6-9-24(16(26)5-8-19)11-15(13)23(4)17-14-7-10-25(22(2)3)18(14)21-12-20-17/h7,10,12-13,15H,5-6,9,11H2,1-4H3/t13-,15+/m1/s1. The van der Waals surface area contributed by atoms with Crippen molar-refractivity contribution in [1.29, 1.82) is 5.26 Å². The molecule has 0 bridgehead atoms. The van der Waals surface area contributed by atoms with Crippen molar-refractivity contribution in [2.45, 2.75) is 25.8 Å². The minimum Gasteiger partial charge on any atom is -0.354 e. The van der Waals surface area contributed by atoms with Crippen LogP contribution in [0.15, 0.2) is 18.6 Å². The van der Waals surface area contributed by atoms with Gasteiger partial charge in [0, 0.05) is 40.4 Å². The first-order valence-corrected chi connectivity index (χ1v) is 8.81. The van der Waals surface area contributed by atoms with Gasteiger partial charge in [-0.2, -0.15) is 5.26 Å². The molecule has 1 fully saturated rings. The first-order chi connectivity index (χ1) is 12.4. The van der Waals surface area contributed by atoms with Gasteiger partial charge in [-0.25, -0.2) is 14.6 Å². The summed E-state index contributed by atoms with van der Waals surface area (Å²) in [6.45, 7) is 3.52. The SMILES string of the molecule is C[C@@H]1CCN(C(=O)CC#N)C[C@@H]1N(C)c1ncnc2c1ccn2N(C)C. The highest BCUT2D eigenvalue weighted by Crippen LogP contribution is 2.29. The number of likely N-dealkylation sites (N-methyl/N-ethyl adjacent to an activating group) is 1. The molecule has 3 rings (SSSR count). The van der Waals surface area contributed by atoms with Crippen LogP contribution < -0.4 is 9.91 Å². The highest BCUT2D eigenvalue weighted by Gasteiger charge is 2.32. The van der Waals surface area contributed by atoms with Gasteiger partial charge in [0.25, 0.3) is 0 Å². The first kappa shape index (κ1) is 18.0. The Balaban J connectivity index is 1.90. The Morgan fingerprint density at radius 1 is 1.38 bits per heavy atom. The zero-order valence-corrected chi connectivity index (χ0v) is 15.8. The Kier molecular flexibility index (Phi) is 4.98. The summed E-state index contributed by atoms with van der Waals surface area (Å²) < 4.78 is 1.97. The Morgan fingerprint density at radius 2 is 2.15 bits per heavy atom. The van der Waals surface area contributed by atoms with E-state index in [0.717, 1.165) is 23.3 Å². The van der Waals surface area contributed by atoms with Crippen molar-refractivity contribution in [3.05, 3.63) is 18.6 Å². The number of fused-ring (bicyclic) bond motifs is 1.